The van der Waals surface area contributed by atoms with Crippen molar-refractivity contribution in [3.8, 4) is 0 Å². The first-order valence-corrected chi connectivity index (χ1v) is 18.6. The van der Waals surface area contributed by atoms with Gasteiger partial charge in [-0.2, -0.15) is 0 Å². The van der Waals surface area contributed by atoms with Gasteiger partial charge in [-0.3, -0.25) is 0 Å². The van der Waals surface area contributed by atoms with Gasteiger partial charge in [0, 0.05) is 18.9 Å². The molecule has 46 heavy (non-hydrogen) atoms. The fourth-order valence-electron chi connectivity index (χ4n) is 8.62. The Balaban J connectivity index is 1.63. The fourth-order valence-corrected chi connectivity index (χ4v) is 8.62. The molecule has 0 saturated carbocycles. The van der Waals surface area contributed by atoms with Crippen LogP contribution in [0.25, 0.3) is 0 Å². The van der Waals surface area contributed by atoms with Gasteiger partial charge in [0.25, 0.3) is 0 Å². The largest absolute Gasteiger partial charge is 0.388 e. The van der Waals surface area contributed by atoms with Gasteiger partial charge >= 0.3 is 0 Å². The van der Waals surface area contributed by atoms with Crippen LogP contribution in [0.2, 0.25) is 0 Å². The van der Waals surface area contributed by atoms with Crippen molar-refractivity contribution in [1.82, 2.24) is 0 Å². The number of hydrogen-bond donors (Lipinski definition) is 1. The molecule has 4 heterocycles. The monoisotopic (exact) mass is 656 g/mol. The maximum Gasteiger partial charge on any atom is 0.185 e. The van der Waals surface area contributed by atoms with Crippen LogP contribution in [0.1, 0.15) is 109 Å². The van der Waals surface area contributed by atoms with Crippen LogP contribution in [0.15, 0.2) is 0 Å². The number of methoxy groups -OCH3 is 1. The molecule has 20 atom stereocenters. The molecule has 1 N–H and O–H groups in total. The van der Waals surface area contributed by atoms with E-state index in [2.05, 4.69) is 83.1 Å². The minimum Gasteiger partial charge on any atom is -0.388 e. The van der Waals surface area contributed by atoms with Gasteiger partial charge in [0.2, 0.25) is 0 Å². The van der Waals surface area contributed by atoms with Gasteiger partial charge in [0.1, 0.15) is 18.3 Å². The van der Waals surface area contributed by atoms with E-state index < -0.39 is 37.2 Å². The van der Waals surface area contributed by atoms with Gasteiger partial charge in [-0.1, -0.05) is 83.1 Å². The van der Waals surface area contributed by atoms with Crippen LogP contribution in [0.4, 0.5) is 0 Å². The molecule has 9 heteroatoms. The average molecular weight is 657 g/mol. The molecular formula is C37H68O9. The lowest BCUT2D eigenvalue weighted by Gasteiger charge is -2.52. The standard InChI is InChI=1S/C37H68O9/c1-14-26-18(5)21(8)30(38)35(41-26)45-32-22(9)19(6)28(16-3)43-37(32)46-33-23(10)20(7)27(15-2)42-36(33)44-31-24(11)29(17-4)40-34(39-13)25(31)12/h18-38H,14-17H2,1-13H3/t18-,19-,20-,21-,22-,23-,24+,25?,26?,27?,28?,29?,30?,31-,32?,33?,34-,35+,36+,37+/m0/s1. The van der Waals surface area contributed by atoms with Crippen molar-refractivity contribution in [2.24, 2.45) is 47.3 Å². The molecular weight excluding hydrogens is 588 g/mol. The van der Waals surface area contributed by atoms with Gasteiger partial charge in [0.15, 0.2) is 25.2 Å². The summed E-state index contributed by atoms with van der Waals surface area (Å²) >= 11 is 0. The molecule has 0 bridgehead atoms. The highest BCUT2D eigenvalue weighted by Gasteiger charge is 2.52. The van der Waals surface area contributed by atoms with Crippen molar-refractivity contribution in [2.45, 2.75) is 183 Å². The van der Waals surface area contributed by atoms with Crippen LogP contribution in [-0.2, 0) is 37.9 Å². The van der Waals surface area contributed by atoms with Crippen LogP contribution >= 0.6 is 0 Å². The molecule has 4 fully saturated rings. The average Bonchev–Trinajstić information content (AvgIpc) is 3.05. The zero-order valence-electron chi connectivity index (χ0n) is 31.1. The summed E-state index contributed by atoms with van der Waals surface area (Å²) in [5, 5.41) is 11.3. The highest BCUT2D eigenvalue weighted by atomic mass is 16.8. The molecule has 0 aromatic carbocycles. The highest BCUT2D eigenvalue weighted by molar-refractivity contribution is 4.93. The lowest BCUT2D eigenvalue weighted by Crippen LogP contribution is -2.61. The SMILES string of the molecule is CCC1O[C@H](OC2[C@@H](OC3[C@@H](O[C@@H]4C(C)[C@@H](OC)OC(CC)[C@H]4C)OC(CC)[C@@H](C)[C@@H]3C)OC(CC)[C@@H](C)[C@@H]2C)C(O)[C@@H](C)[C@@H]1C. The van der Waals surface area contributed by atoms with Crippen molar-refractivity contribution >= 4 is 0 Å². The summed E-state index contributed by atoms with van der Waals surface area (Å²) in [5.41, 5.74) is 0. The first-order chi connectivity index (χ1) is 21.8. The van der Waals surface area contributed by atoms with Gasteiger partial charge in [-0.15, -0.1) is 0 Å². The van der Waals surface area contributed by atoms with Crippen molar-refractivity contribution in [1.29, 1.82) is 0 Å². The van der Waals surface area contributed by atoms with Crippen molar-refractivity contribution < 1.29 is 43.0 Å². The van der Waals surface area contributed by atoms with Crippen LogP contribution in [0.5, 0.6) is 0 Å². The molecule has 0 aromatic heterocycles. The highest BCUT2D eigenvalue weighted by Crippen LogP contribution is 2.43. The second-order valence-electron chi connectivity index (χ2n) is 15.2. The quantitative estimate of drug-likeness (QED) is 0.258. The van der Waals surface area contributed by atoms with E-state index in [1.165, 1.54) is 0 Å². The summed E-state index contributed by atoms with van der Waals surface area (Å²) < 4.78 is 52.9. The van der Waals surface area contributed by atoms with Crippen LogP contribution in [0, 0.1) is 47.3 Å². The Morgan fingerprint density at radius 2 is 0.761 bits per heavy atom. The van der Waals surface area contributed by atoms with Crippen molar-refractivity contribution in [3.05, 3.63) is 0 Å². The van der Waals surface area contributed by atoms with E-state index >= 15 is 0 Å². The second kappa shape index (κ2) is 16.6. The number of aliphatic hydroxyl groups excluding tert-OH is 1. The maximum atomic E-state index is 11.3. The van der Waals surface area contributed by atoms with Crippen molar-refractivity contribution in [3.63, 3.8) is 0 Å². The van der Waals surface area contributed by atoms with Gasteiger partial charge in [0.05, 0.1) is 30.5 Å². The van der Waals surface area contributed by atoms with Crippen molar-refractivity contribution in [2.75, 3.05) is 7.11 Å². The Bertz CT molecular complexity index is 903. The minimum absolute atomic E-state index is 0.00923. The smallest absolute Gasteiger partial charge is 0.185 e. The Morgan fingerprint density at radius 3 is 1.20 bits per heavy atom. The van der Waals surface area contributed by atoms with E-state index in [1.54, 1.807) is 7.11 Å². The van der Waals surface area contributed by atoms with Crippen LogP contribution < -0.4 is 0 Å². The summed E-state index contributed by atoms with van der Waals surface area (Å²) in [6.07, 6.45) is -0.473. The van der Waals surface area contributed by atoms with Crippen LogP contribution in [0.3, 0.4) is 0 Å². The topological polar surface area (TPSA) is 94.1 Å². The Morgan fingerprint density at radius 1 is 0.413 bits per heavy atom. The van der Waals surface area contributed by atoms with Gasteiger partial charge < -0.3 is 43.0 Å². The van der Waals surface area contributed by atoms with Crippen LogP contribution in [-0.4, -0.2) is 86.2 Å². The molecule has 9 nitrogen and oxygen atoms in total. The third kappa shape index (κ3) is 7.68. The number of rotatable bonds is 11. The lowest BCUT2D eigenvalue weighted by atomic mass is 9.80. The molecule has 4 aliphatic heterocycles. The zero-order valence-corrected chi connectivity index (χ0v) is 31.1. The second-order valence-corrected chi connectivity index (χ2v) is 15.2. The molecule has 270 valence electrons. The first-order valence-electron chi connectivity index (χ1n) is 18.6. The summed E-state index contributed by atoms with van der Waals surface area (Å²) in [6.45, 7) is 26.1. The Labute approximate surface area is 280 Å². The Hall–Kier alpha value is -0.360. The minimum atomic E-state index is -0.750. The predicted octanol–water partition coefficient (Wildman–Crippen LogP) is 6.78. The van der Waals surface area contributed by atoms with Gasteiger partial charge in [-0.05, 0) is 61.2 Å². The normalized spacial score (nSPS) is 52.0. The molecule has 0 aliphatic carbocycles. The molecule has 4 aliphatic rings. The lowest BCUT2D eigenvalue weighted by molar-refractivity contribution is -0.383. The zero-order chi connectivity index (χ0) is 34.0. The predicted molar refractivity (Wildman–Crippen MR) is 177 cm³/mol. The number of hydrogen-bond acceptors (Lipinski definition) is 9. The number of aliphatic hydroxyl groups is 1. The number of ether oxygens (including phenoxy) is 8. The molecule has 0 radical (unpaired) electrons. The molecule has 4 saturated heterocycles. The Kier molecular flexibility index (Phi) is 13.8. The fraction of sp³-hybridized carbons (Fsp3) is 1.00. The molecule has 8 unspecified atom stereocenters. The summed E-state index contributed by atoms with van der Waals surface area (Å²) in [7, 11) is 1.70. The molecule has 0 aromatic rings. The molecule has 0 amide bonds. The summed E-state index contributed by atoms with van der Waals surface area (Å²) in [4.78, 5) is 0. The maximum absolute atomic E-state index is 11.3. The third-order valence-electron chi connectivity index (χ3n) is 12.6. The first kappa shape index (κ1) is 38.4. The molecule has 4 rings (SSSR count). The van der Waals surface area contributed by atoms with E-state index in [0.29, 0.717) is 0 Å². The third-order valence-corrected chi connectivity index (χ3v) is 12.6. The summed E-state index contributed by atoms with van der Waals surface area (Å²) in [5.74, 6) is 1.19. The molecule has 0 spiro atoms. The van der Waals surface area contributed by atoms with E-state index in [4.69, 9.17) is 37.9 Å². The van der Waals surface area contributed by atoms with E-state index in [-0.39, 0.29) is 84.2 Å². The van der Waals surface area contributed by atoms with Gasteiger partial charge in [-0.25, -0.2) is 0 Å². The van der Waals surface area contributed by atoms with E-state index in [1.807, 2.05) is 0 Å². The van der Waals surface area contributed by atoms with E-state index in [9.17, 15) is 5.11 Å². The van der Waals surface area contributed by atoms with E-state index in [0.717, 1.165) is 25.7 Å². The summed E-state index contributed by atoms with van der Waals surface area (Å²) in [6, 6.07) is 0.